The van der Waals surface area contributed by atoms with E-state index < -0.39 is 0 Å². The Kier molecular flexibility index (Phi) is 5.17. The van der Waals surface area contributed by atoms with E-state index in [1.807, 2.05) is 29.2 Å². The van der Waals surface area contributed by atoms with Gasteiger partial charge in [-0.15, -0.1) is 0 Å². The molecule has 144 valence electrons. The highest BCUT2D eigenvalue weighted by Crippen LogP contribution is 2.28. The summed E-state index contributed by atoms with van der Waals surface area (Å²) >= 11 is 0. The van der Waals surface area contributed by atoms with Gasteiger partial charge in [0.05, 0.1) is 26.7 Å². The summed E-state index contributed by atoms with van der Waals surface area (Å²) in [5, 5.41) is 11.8. The van der Waals surface area contributed by atoms with Gasteiger partial charge in [0.25, 0.3) is 0 Å². The largest absolute Gasteiger partial charge is 0.508 e. The molecule has 5 nitrogen and oxygen atoms in total. The lowest BCUT2D eigenvalue weighted by Gasteiger charge is -2.33. The van der Waals surface area contributed by atoms with Gasteiger partial charge < -0.3 is 19.5 Å². The van der Waals surface area contributed by atoms with Gasteiger partial charge in [-0.25, -0.2) is 0 Å². The number of fused-ring (bicyclic) bond motifs is 1. The van der Waals surface area contributed by atoms with Gasteiger partial charge in [0.2, 0.25) is 5.91 Å². The number of aromatic hydroxyl groups is 1. The number of phenolic OH excluding ortho intramolecular Hbond substituents is 1. The first-order valence-corrected chi connectivity index (χ1v) is 9.37. The van der Waals surface area contributed by atoms with Crippen molar-refractivity contribution < 1.29 is 19.4 Å². The van der Waals surface area contributed by atoms with E-state index in [9.17, 15) is 9.90 Å². The van der Waals surface area contributed by atoms with Crippen LogP contribution in [0.3, 0.4) is 0 Å². The maximum absolute atomic E-state index is 12.7. The molecule has 0 unspecified atom stereocenters. The molecule has 0 aromatic heterocycles. The Morgan fingerprint density at radius 2 is 1.96 bits per heavy atom. The smallest absolute Gasteiger partial charge is 0.227 e. The Morgan fingerprint density at radius 3 is 2.79 bits per heavy atom. The van der Waals surface area contributed by atoms with Crippen LogP contribution in [0.25, 0.3) is 10.8 Å². The number of phenols is 1. The summed E-state index contributed by atoms with van der Waals surface area (Å²) in [6, 6.07) is 19.1. The van der Waals surface area contributed by atoms with E-state index >= 15 is 0 Å². The van der Waals surface area contributed by atoms with Crippen molar-refractivity contribution in [2.75, 3.05) is 26.8 Å². The van der Waals surface area contributed by atoms with Crippen molar-refractivity contribution >= 4 is 16.7 Å². The van der Waals surface area contributed by atoms with Crippen molar-refractivity contribution in [2.24, 2.45) is 0 Å². The minimum absolute atomic E-state index is 0.0458. The molecule has 0 spiro atoms. The molecule has 3 aromatic rings. The number of hydrogen-bond donors (Lipinski definition) is 1. The molecule has 1 fully saturated rings. The Hall–Kier alpha value is -3.05. The van der Waals surface area contributed by atoms with Crippen molar-refractivity contribution in [3.8, 4) is 11.5 Å². The minimum atomic E-state index is -0.145. The number of amides is 1. The maximum atomic E-state index is 12.7. The topological polar surface area (TPSA) is 59.0 Å². The van der Waals surface area contributed by atoms with Crippen molar-refractivity contribution in [3.63, 3.8) is 0 Å². The number of carbonyl (C=O) groups excluding carboxylic acids is 1. The minimum Gasteiger partial charge on any atom is -0.508 e. The fourth-order valence-electron chi connectivity index (χ4n) is 3.60. The summed E-state index contributed by atoms with van der Waals surface area (Å²) in [5.41, 5.74) is 1.88. The molecule has 5 heteroatoms. The Morgan fingerprint density at radius 1 is 1.14 bits per heavy atom. The predicted molar refractivity (Wildman–Crippen MR) is 108 cm³/mol. The molecule has 1 heterocycles. The van der Waals surface area contributed by atoms with Crippen molar-refractivity contribution in [1.29, 1.82) is 0 Å². The van der Waals surface area contributed by atoms with Crippen LogP contribution in [-0.2, 0) is 16.0 Å². The van der Waals surface area contributed by atoms with E-state index in [4.69, 9.17) is 9.47 Å². The molecule has 1 aliphatic heterocycles. The quantitative estimate of drug-likeness (QED) is 0.753. The summed E-state index contributed by atoms with van der Waals surface area (Å²) in [6.07, 6.45) is 0.131. The number of benzene rings is 3. The monoisotopic (exact) mass is 377 g/mol. The van der Waals surface area contributed by atoms with Gasteiger partial charge in [-0.05, 0) is 52.2 Å². The van der Waals surface area contributed by atoms with Crippen LogP contribution in [0.2, 0.25) is 0 Å². The molecule has 0 saturated carbocycles. The molecule has 0 radical (unpaired) electrons. The second kappa shape index (κ2) is 7.90. The van der Waals surface area contributed by atoms with Crippen LogP contribution in [0.5, 0.6) is 11.5 Å². The van der Waals surface area contributed by atoms with Crippen molar-refractivity contribution in [2.45, 2.75) is 12.5 Å². The van der Waals surface area contributed by atoms with Gasteiger partial charge in [-0.2, -0.15) is 0 Å². The second-order valence-electron chi connectivity index (χ2n) is 7.02. The fraction of sp³-hybridized carbons (Fsp3) is 0.261. The average molecular weight is 377 g/mol. The number of rotatable bonds is 4. The van der Waals surface area contributed by atoms with E-state index in [0.717, 1.165) is 27.6 Å². The van der Waals surface area contributed by atoms with Crippen LogP contribution in [0.15, 0.2) is 60.7 Å². The lowest BCUT2D eigenvalue weighted by Crippen LogP contribution is -2.42. The fourth-order valence-corrected chi connectivity index (χ4v) is 3.60. The molecule has 1 atom stereocenters. The second-order valence-corrected chi connectivity index (χ2v) is 7.02. The van der Waals surface area contributed by atoms with Crippen LogP contribution in [0.1, 0.15) is 17.2 Å². The van der Waals surface area contributed by atoms with E-state index in [1.54, 1.807) is 25.3 Å². The predicted octanol–water partition coefficient (Wildman–Crippen LogP) is 3.70. The summed E-state index contributed by atoms with van der Waals surface area (Å²) in [4.78, 5) is 14.6. The Labute approximate surface area is 164 Å². The highest BCUT2D eigenvalue weighted by molar-refractivity contribution is 5.84. The van der Waals surface area contributed by atoms with E-state index in [-0.39, 0.29) is 24.2 Å². The first-order valence-electron chi connectivity index (χ1n) is 9.37. The first-order chi connectivity index (χ1) is 13.6. The molecule has 4 rings (SSSR count). The molecule has 1 saturated heterocycles. The number of nitrogens with zero attached hydrogens (tertiary/aromatic N) is 1. The third kappa shape index (κ3) is 3.94. The van der Waals surface area contributed by atoms with Gasteiger partial charge in [0.15, 0.2) is 0 Å². The SMILES string of the molecule is COc1ccc2cc([C@H]3CN(C(=O)Cc4cccc(O)c4)CCO3)ccc2c1. The standard InChI is InChI=1S/C23H23NO4/c1-27-21-8-7-17-13-19(6-5-18(17)14-21)22-15-24(9-10-28-22)23(26)12-16-3-2-4-20(25)11-16/h2-8,11,13-14,22,25H,9-10,12,15H2,1H3/t22-/m1/s1. The van der Waals surface area contributed by atoms with Crippen LogP contribution in [0.4, 0.5) is 0 Å². The Balaban J connectivity index is 1.48. The van der Waals surface area contributed by atoms with Crippen LogP contribution >= 0.6 is 0 Å². The Bertz CT molecular complexity index is 1000. The van der Waals surface area contributed by atoms with Crippen molar-refractivity contribution in [1.82, 2.24) is 4.90 Å². The van der Waals surface area contributed by atoms with E-state index in [0.29, 0.717) is 19.7 Å². The number of carbonyl (C=O) groups is 1. The zero-order valence-electron chi connectivity index (χ0n) is 15.8. The molecular weight excluding hydrogens is 354 g/mol. The third-order valence-electron chi connectivity index (χ3n) is 5.13. The number of methoxy groups -OCH3 is 1. The highest BCUT2D eigenvalue weighted by atomic mass is 16.5. The zero-order valence-corrected chi connectivity index (χ0v) is 15.8. The van der Waals surface area contributed by atoms with Gasteiger partial charge in [-0.3, -0.25) is 4.79 Å². The van der Waals surface area contributed by atoms with E-state index in [2.05, 4.69) is 18.2 Å². The van der Waals surface area contributed by atoms with Crippen LogP contribution in [-0.4, -0.2) is 42.7 Å². The van der Waals surface area contributed by atoms with Crippen LogP contribution < -0.4 is 4.74 Å². The van der Waals surface area contributed by atoms with Gasteiger partial charge in [-0.1, -0.05) is 30.3 Å². The summed E-state index contributed by atoms with van der Waals surface area (Å²) < 4.78 is 11.2. The number of ether oxygens (including phenoxy) is 2. The lowest BCUT2D eigenvalue weighted by molar-refractivity contribution is -0.138. The van der Waals surface area contributed by atoms with Crippen molar-refractivity contribution in [3.05, 3.63) is 71.8 Å². The van der Waals surface area contributed by atoms with Gasteiger partial charge in [0.1, 0.15) is 17.6 Å². The lowest BCUT2D eigenvalue weighted by atomic mass is 10.0. The molecule has 1 aliphatic rings. The third-order valence-corrected chi connectivity index (χ3v) is 5.13. The van der Waals surface area contributed by atoms with Gasteiger partial charge >= 0.3 is 0 Å². The van der Waals surface area contributed by atoms with Gasteiger partial charge in [0, 0.05) is 6.54 Å². The molecule has 3 aromatic carbocycles. The molecule has 0 aliphatic carbocycles. The first kappa shape index (κ1) is 18.3. The molecule has 28 heavy (non-hydrogen) atoms. The van der Waals surface area contributed by atoms with Crippen LogP contribution in [0, 0.1) is 0 Å². The molecule has 1 N–H and O–H groups in total. The maximum Gasteiger partial charge on any atom is 0.227 e. The molecular formula is C23H23NO4. The zero-order chi connectivity index (χ0) is 19.5. The summed E-state index contributed by atoms with van der Waals surface area (Å²) in [5.74, 6) is 1.06. The average Bonchev–Trinajstić information content (AvgIpc) is 2.73. The number of morpholine rings is 1. The molecule has 1 amide bonds. The number of hydrogen-bond acceptors (Lipinski definition) is 4. The summed E-state index contributed by atoms with van der Waals surface area (Å²) in [6.45, 7) is 1.62. The highest BCUT2D eigenvalue weighted by Gasteiger charge is 2.25. The summed E-state index contributed by atoms with van der Waals surface area (Å²) in [7, 11) is 1.66. The van der Waals surface area contributed by atoms with E-state index in [1.165, 1.54) is 0 Å². The normalized spacial score (nSPS) is 16.9. The molecule has 0 bridgehead atoms.